The van der Waals surface area contributed by atoms with E-state index < -0.39 is 10.0 Å². The normalized spacial score (nSPS) is 15.0. The molecule has 0 aliphatic carbocycles. The molecular formula is C24H29N3O4S. The van der Waals surface area contributed by atoms with Crippen molar-refractivity contribution in [1.29, 1.82) is 0 Å². The summed E-state index contributed by atoms with van der Waals surface area (Å²) in [4.78, 5) is 12.7. The van der Waals surface area contributed by atoms with Crippen molar-refractivity contribution < 1.29 is 17.9 Å². The van der Waals surface area contributed by atoms with E-state index in [1.165, 1.54) is 0 Å². The maximum absolute atomic E-state index is 12.9. The zero-order valence-electron chi connectivity index (χ0n) is 18.3. The molecule has 2 aromatic carbocycles. The van der Waals surface area contributed by atoms with Crippen molar-refractivity contribution >= 4 is 26.8 Å². The number of carbonyl (C=O) groups excluding carboxylic acids is 1. The topological polar surface area (TPSA) is 80.6 Å². The Labute approximate surface area is 189 Å². The predicted molar refractivity (Wildman–Crippen MR) is 124 cm³/mol. The highest BCUT2D eigenvalue weighted by Crippen LogP contribution is 2.25. The molecule has 8 heteroatoms. The predicted octanol–water partition coefficient (Wildman–Crippen LogP) is 3.53. The quantitative estimate of drug-likeness (QED) is 0.564. The summed E-state index contributed by atoms with van der Waals surface area (Å²) in [5.74, 6) is 0.719. The van der Waals surface area contributed by atoms with E-state index in [2.05, 4.69) is 5.32 Å². The number of nitrogens with one attached hydrogen (secondary N) is 1. The fraction of sp³-hybridized carbons (Fsp3) is 0.375. The highest BCUT2D eigenvalue weighted by Gasteiger charge is 2.26. The number of carbonyl (C=O) groups is 1. The van der Waals surface area contributed by atoms with Gasteiger partial charge >= 0.3 is 0 Å². The number of nitrogens with zero attached hydrogens (tertiary/aromatic N) is 2. The molecule has 1 saturated heterocycles. The second kappa shape index (κ2) is 9.75. The number of hydrogen-bond donors (Lipinski definition) is 1. The van der Waals surface area contributed by atoms with E-state index >= 15 is 0 Å². The minimum atomic E-state index is -3.46. The van der Waals surface area contributed by atoms with Gasteiger partial charge in [0, 0.05) is 49.7 Å². The van der Waals surface area contributed by atoms with Gasteiger partial charge in [0.15, 0.2) is 0 Å². The second-order valence-corrected chi connectivity index (χ2v) is 10.0. The smallest absolute Gasteiger partial charge is 0.243 e. The molecule has 2 heterocycles. The van der Waals surface area contributed by atoms with Crippen LogP contribution in [0.15, 0.2) is 59.6 Å². The highest BCUT2D eigenvalue weighted by atomic mass is 32.2. The van der Waals surface area contributed by atoms with Crippen molar-refractivity contribution in [2.45, 2.75) is 43.7 Å². The Bertz CT molecular complexity index is 1200. The van der Waals surface area contributed by atoms with E-state index in [0.29, 0.717) is 37.5 Å². The number of rotatable bonds is 8. The Kier molecular flexibility index (Phi) is 6.81. The fourth-order valence-electron chi connectivity index (χ4n) is 4.08. The van der Waals surface area contributed by atoms with Crippen LogP contribution in [0.5, 0.6) is 5.75 Å². The summed E-state index contributed by atoms with van der Waals surface area (Å²) in [6.07, 6.45) is 5.15. The van der Waals surface area contributed by atoms with Gasteiger partial charge in [0.1, 0.15) is 5.75 Å². The van der Waals surface area contributed by atoms with Crippen LogP contribution in [0.2, 0.25) is 0 Å². The maximum Gasteiger partial charge on any atom is 0.243 e. The van der Waals surface area contributed by atoms with Gasteiger partial charge < -0.3 is 14.6 Å². The molecule has 1 N–H and O–H groups in total. The first kappa shape index (κ1) is 22.4. The van der Waals surface area contributed by atoms with Crippen molar-refractivity contribution in [2.75, 3.05) is 20.2 Å². The number of benzene rings is 2. The van der Waals surface area contributed by atoms with E-state index in [9.17, 15) is 13.2 Å². The summed E-state index contributed by atoms with van der Waals surface area (Å²) in [6, 6.07) is 14.7. The molecule has 3 aromatic rings. The number of aromatic nitrogens is 1. The Balaban J connectivity index is 1.38. The lowest BCUT2D eigenvalue weighted by molar-refractivity contribution is -0.121. The van der Waals surface area contributed by atoms with Crippen LogP contribution in [-0.2, 0) is 27.9 Å². The zero-order valence-corrected chi connectivity index (χ0v) is 19.1. The molecule has 7 nitrogen and oxygen atoms in total. The van der Waals surface area contributed by atoms with E-state index in [4.69, 9.17) is 4.74 Å². The number of fused-ring (bicyclic) bond motifs is 1. The SMILES string of the molecule is COc1cccc(CNC(=O)CCn2ccc3cc(S(=O)(=O)N4CCCCC4)ccc32)c1. The number of amides is 1. The molecule has 32 heavy (non-hydrogen) atoms. The van der Waals surface area contributed by atoms with Gasteiger partial charge in [-0.05, 0) is 54.8 Å². The molecule has 170 valence electrons. The molecule has 1 aliphatic rings. The van der Waals surface area contributed by atoms with E-state index in [0.717, 1.165) is 41.5 Å². The molecule has 1 amide bonds. The summed E-state index contributed by atoms with van der Waals surface area (Å²) in [5, 5.41) is 3.79. The molecule has 1 aromatic heterocycles. The monoisotopic (exact) mass is 455 g/mol. The second-order valence-electron chi connectivity index (χ2n) is 8.07. The lowest BCUT2D eigenvalue weighted by atomic mass is 10.2. The highest BCUT2D eigenvalue weighted by molar-refractivity contribution is 7.89. The van der Waals surface area contributed by atoms with Crippen molar-refractivity contribution in [3.05, 3.63) is 60.3 Å². The van der Waals surface area contributed by atoms with E-state index in [1.807, 2.05) is 47.2 Å². The average Bonchev–Trinajstić information content (AvgIpc) is 3.24. The third-order valence-electron chi connectivity index (χ3n) is 5.90. The van der Waals surface area contributed by atoms with Gasteiger partial charge in [-0.1, -0.05) is 18.6 Å². The van der Waals surface area contributed by atoms with Gasteiger partial charge in [-0.3, -0.25) is 4.79 Å². The minimum absolute atomic E-state index is 0.0426. The Morgan fingerprint density at radius 3 is 2.66 bits per heavy atom. The maximum atomic E-state index is 12.9. The molecule has 0 saturated carbocycles. The van der Waals surface area contributed by atoms with Crippen LogP contribution in [-0.4, -0.2) is 43.4 Å². The minimum Gasteiger partial charge on any atom is -0.497 e. The van der Waals surface area contributed by atoms with E-state index in [-0.39, 0.29) is 5.91 Å². The van der Waals surface area contributed by atoms with Crippen LogP contribution in [0.3, 0.4) is 0 Å². The molecule has 1 fully saturated rings. The Morgan fingerprint density at radius 2 is 1.88 bits per heavy atom. The van der Waals surface area contributed by atoms with Crippen LogP contribution in [0.4, 0.5) is 0 Å². The summed E-state index contributed by atoms with van der Waals surface area (Å²) >= 11 is 0. The molecular weight excluding hydrogens is 426 g/mol. The van der Waals surface area contributed by atoms with Crippen LogP contribution in [0.1, 0.15) is 31.2 Å². The largest absolute Gasteiger partial charge is 0.497 e. The number of aryl methyl sites for hydroxylation is 1. The lowest BCUT2D eigenvalue weighted by Crippen LogP contribution is -2.35. The fourth-order valence-corrected chi connectivity index (χ4v) is 5.63. The van der Waals surface area contributed by atoms with Crippen molar-refractivity contribution in [3.63, 3.8) is 0 Å². The molecule has 0 unspecified atom stereocenters. The van der Waals surface area contributed by atoms with Gasteiger partial charge in [-0.25, -0.2) is 8.42 Å². The third-order valence-corrected chi connectivity index (χ3v) is 7.79. The number of methoxy groups -OCH3 is 1. The van der Waals surface area contributed by atoms with Gasteiger partial charge in [0.25, 0.3) is 0 Å². The first-order valence-corrected chi connectivity index (χ1v) is 12.4. The van der Waals surface area contributed by atoms with Crippen LogP contribution >= 0.6 is 0 Å². The molecule has 0 spiro atoms. The number of piperidine rings is 1. The van der Waals surface area contributed by atoms with Crippen molar-refractivity contribution in [2.24, 2.45) is 0 Å². The standard InChI is InChI=1S/C24H29N3O4S/c1-31-21-7-5-6-19(16-21)18-25-24(28)11-15-26-14-10-20-17-22(8-9-23(20)26)32(29,30)27-12-3-2-4-13-27/h5-10,14,16-17H,2-4,11-13,15,18H2,1H3,(H,25,28). The summed E-state index contributed by atoms with van der Waals surface area (Å²) in [7, 11) is -1.84. The summed E-state index contributed by atoms with van der Waals surface area (Å²) < 4.78 is 34.7. The van der Waals surface area contributed by atoms with Crippen molar-refractivity contribution in [3.8, 4) is 5.75 Å². The van der Waals surface area contributed by atoms with E-state index in [1.54, 1.807) is 23.5 Å². The molecule has 1 aliphatic heterocycles. The number of sulfonamides is 1. The van der Waals surface area contributed by atoms with Gasteiger partial charge in [0.2, 0.25) is 15.9 Å². The van der Waals surface area contributed by atoms with Gasteiger partial charge in [-0.15, -0.1) is 0 Å². The lowest BCUT2D eigenvalue weighted by Gasteiger charge is -2.25. The van der Waals surface area contributed by atoms with Gasteiger partial charge in [0.05, 0.1) is 12.0 Å². The van der Waals surface area contributed by atoms with Crippen LogP contribution in [0, 0.1) is 0 Å². The Hall–Kier alpha value is -2.84. The number of hydrogen-bond acceptors (Lipinski definition) is 4. The number of ether oxygens (including phenoxy) is 1. The Morgan fingerprint density at radius 1 is 1.06 bits per heavy atom. The first-order chi connectivity index (χ1) is 15.5. The first-order valence-electron chi connectivity index (χ1n) is 11.0. The molecule has 4 rings (SSSR count). The molecule has 0 atom stereocenters. The van der Waals surface area contributed by atoms with Crippen LogP contribution < -0.4 is 10.1 Å². The molecule has 0 bridgehead atoms. The summed E-state index contributed by atoms with van der Waals surface area (Å²) in [5.41, 5.74) is 1.90. The third kappa shape index (κ3) is 4.97. The van der Waals surface area contributed by atoms with Crippen molar-refractivity contribution in [1.82, 2.24) is 14.2 Å². The average molecular weight is 456 g/mol. The zero-order chi connectivity index (χ0) is 22.6. The summed E-state index contributed by atoms with van der Waals surface area (Å²) in [6.45, 7) is 2.14. The molecule has 0 radical (unpaired) electrons. The van der Waals surface area contributed by atoms with Gasteiger partial charge in [-0.2, -0.15) is 4.31 Å². The van der Waals surface area contributed by atoms with Crippen LogP contribution in [0.25, 0.3) is 10.9 Å².